The minimum absolute atomic E-state index is 0.0869. The molecule has 1 rings (SSSR count). The number of hydrogen-bond donors (Lipinski definition) is 0. The summed E-state index contributed by atoms with van der Waals surface area (Å²) < 4.78 is 15.1. The molecule has 3 heteroatoms. The van der Waals surface area contributed by atoms with Crippen LogP contribution in [0.3, 0.4) is 0 Å². The molecule has 0 radical (unpaired) electrons. The second kappa shape index (κ2) is 4.44. The van der Waals surface area contributed by atoms with Gasteiger partial charge in [0, 0.05) is 7.11 Å². The standard InChI is InChI=1S/C7H12O3/c1-8-7-3-2-4-9-6-10-5-7/h2-3,7H,4-6H2,1H3/b3-2-. The van der Waals surface area contributed by atoms with Gasteiger partial charge in [0.1, 0.15) is 6.79 Å². The van der Waals surface area contributed by atoms with Crippen LogP contribution in [0.1, 0.15) is 0 Å². The van der Waals surface area contributed by atoms with E-state index in [-0.39, 0.29) is 6.10 Å². The van der Waals surface area contributed by atoms with Crippen molar-refractivity contribution < 1.29 is 14.2 Å². The van der Waals surface area contributed by atoms with Crippen LogP contribution in [0.4, 0.5) is 0 Å². The summed E-state index contributed by atoms with van der Waals surface area (Å²) in [5.74, 6) is 0. The van der Waals surface area contributed by atoms with Crippen molar-refractivity contribution in [3.8, 4) is 0 Å². The zero-order valence-corrected chi connectivity index (χ0v) is 6.08. The molecule has 0 aromatic carbocycles. The van der Waals surface area contributed by atoms with Crippen LogP contribution in [0.25, 0.3) is 0 Å². The summed E-state index contributed by atoms with van der Waals surface area (Å²) in [5.41, 5.74) is 0. The first-order chi connectivity index (χ1) is 4.93. The van der Waals surface area contributed by atoms with Gasteiger partial charge in [0.05, 0.1) is 19.3 Å². The van der Waals surface area contributed by atoms with E-state index in [9.17, 15) is 0 Å². The van der Waals surface area contributed by atoms with Gasteiger partial charge in [-0.05, 0) is 0 Å². The minimum Gasteiger partial charge on any atom is -0.375 e. The second-order valence-corrected chi connectivity index (χ2v) is 2.06. The summed E-state index contributed by atoms with van der Waals surface area (Å²) in [6, 6.07) is 0. The predicted octanol–water partition coefficient (Wildman–Crippen LogP) is 0.562. The van der Waals surface area contributed by atoms with E-state index in [1.807, 2.05) is 12.2 Å². The molecule has 58 valence electrons. The lowest BCUT2D eigenvalue weighted by Crippen LogP contribution is -2.19. The van der Waals surface area contributed by atoms with Crippen LogP contribution in [-0.4, -0.2) is 33.2 Å². The quantitative estimate of drug-likeness (QED) is 0.503. The summed E-state index contributed by atoms with van der Waals surface area (Å²) in [7, 11) is 1.67. The Morgan fingerprint density at radius 3 is 3.20 bits per heavy atom. The maximum atomic E-state index is 5.08. The molecule has 1 atom stereocenters. The Morgan fingerprint density at radius 1 is 1.50 bits per heavy atom. The van der Waals surface area contributed by atoms with Gasteiger partial charge in [-0.25, -0.2) is 0 Å². The van der Waals surface area contributed by atoms with Gasteiger partial charge in [0.15, 0.2) is 0 Å². The Bertz CT molecular complexity index is 111. The topological polar surface area (TPSA) is 27.7 Å². The highest BCUT2D eigenvalue weighted by Gasteiger charge is 2.03. The number of methoxy groups -OCH3 is 1. The number of hydrogen-bond acceptors (Lipinski definition) is 3. The van der Waals surface area contributed by atoms with E-state index < -0.39 is 0 Å². The molecular formula is C7H12O3. The molecule has 3 nitrogen and oxygen atoms in total. The molecule has 0 saturated heterocycles. The summed E-state index contributed by atoms with van der Waals surface area (Å²) in [6.07, 6.45) is 3.97. The molecule has 1 aliphatic heterocycles. The van der Waals surface area contributed by atoms with Gasteiger partial charge >= 0.3 is 0 Å². The highest BCUT2D eigenvalue weighted by Crippen LogP contribution is 1.97. The number of rotatable bonds is 1. The normalized spacial score (nSPS) is 30.7. The summed E-state index contributed by atoms with van der Waals surface area (Å²) in [5, 5.41) is 0. The third-order valence-corrected chi connectivity index (χ3v) is 1.32. The zero-order valence-electron chi connectivity index (χ0n) is 6.08. The lowest BCUT2D eigenvalue weighted by Gasteiger charge is -2.13. The van der Waals surface area contributed by atoms with Crippen molar-refractivity contribution in [1.82, 2.24) is 0 Å². The second-order valence-electron chi connectivity index (χ2n) is 2.06. The molecular weight excluding hydrogens is 132 g/mol. The highest BCUT2D eigenvalue weighted by molar-refractivity contribution is 4.89. The van der Waals surface area contributed by atoms with Crippen LogP contribution in [-0.2, 0) is 14.2 Å². The van der Waals surface area contributed by atoms with Crippen molar-refractivity contribution >= 4 is 0 Å². The maximum Gasteiger partial charge on any atom is 0.147 e. The molecule has 0 aromatic rings. The zero-order chi connectivity index (χ0) is 7.23. The minimum atomic E-state index is 0.0869. The van der Waals surface area contributed by atoms with E-state index in [1.54, 1.807) is 7.11 Å². The Balaban J connectivity index is 2.33. The monoisotopic (exact) mass is 144 g/mol. The van der Waals surface area contributed by atoms with E-state index in [1.165, 1.54) is 0 Å². The molecule has 10 heavy (non-hydrogen) atoms. The summed E-state index contributed by atoms with van der Waals surface area (Å²) in [6.45, 7) is 1.55. The molecule has 0 fully saturated rings. The third-order valence-electron chi connectivity index (χ3n) is 1.32. The van der Waals surface area contributed by atoms with Crippen molar-refractivity contribution in [2.45, 2.75) is 6.10 Å². The lowest BCUT2D eigenvalue weighted by molar-refractivity contribution is -0.0747. The van der Waals surface area contributed by atoms with Crippen molar-refractivity contribution in [3.63, 3.8) is 0 Å². The van der Waals surface area contributed by atoms with E-state index in [0.717, 1.165) is 0 Å². The van der Waals surface area contributed by atoms with Gasteiger partial charge in [-0.1, -0.05) is 12.2 Å². The van der Waals surface area contributed by atoms with Gasteiger partial charge in [-0.15, -0.1) is 0 Å². The van der Waals surface area contributed by atoms with Crippen LogP contribution < -0.4 is 0 Å². The Kier molecular flexibility index (Phi) is 3.43. The maximum absolute atomic E-state index is 5.08. The van der Waals surface area contributed by atoms with E-state index >= 15 is 0 Å². The lowest BCUT2D eigenvalue weighted by atomic mass is 10.3. The first-order valence-electron chi connectivity index (χ1n) is 3.28. The van der Waals surface area contributed by atoms with E-state index in [4.69, 9.17) is 14.2 Å². The molecule has 0 bridgehead atoms. The van der Waals surface area contributed by atoms with Crippen LogP contribution in [0.2, 0.25) is 0 Å². The fraction of sp³-hybridized carbons (Fsp3) is 0.714. The molecule has 0 saturated carbocycles. The molecule has 1 unspecified atom stereocenters. The van der Waals surface area contributed by atoms with Crippen molar-refractivity contribution in [2.24, 2.45) is 0 Å². The van der Waals surface area contributed by atoms with Crippen LogP contribution in [0.5, 0.6) is 0 Å². The SMILES string of the molecule is COC1/C=C\COCOC1. The van der Waals surface area contributed by atoms with Crippen LogP contribution in [0.15, 0.2) is 12.2 Å². The van der Waals surface area contributed by atoms with Crippen LogP contribution in [0, 0.1) is 0 Å². The number of ether oxygens (including phenoxy) is 3. The fourth-order valence-electron chi connectivity index (χ4n) is 0.749. The first-order valence-corrected chi connectivity index (χ1v) is 3.28. The fourth-order valence-corrected chi connectivity index (χ4v) is 0.749. The molecule has 0 spiro atoms. The Hall–Kier alpha value is -0.380. The van der Waals surface area contributed by atoms with Gasteiger partial charge in [-0.3, -0.25) is 0 Å². The first kappa shape index (κ1) is 7.72. The molecule has 0 N–H and O–H groups in total. The summed E-state index contributed by atoms with van der Waals surface area (Å²) >= 11 is 0. The van der Waals surface area contributed by atoms with Crippen molar-refractivity contribution in [1.29, 1.82) is 0 Å². The predicted molar refractivity (Wildman–Crippen MR) is 36.7 cm³/mol. The average molecular weight is 144 g/mol. The Morgan fingerprint density at radius 2 is 2.40 bits per heavy atom. The average Bonchev–Trinajstić information content (AvgIpc) is 1.87. The van der Waals surface area contributed by atoms with Gasteiger partial charge < -0.3 is 14.2 Å². The van der Waals surface area contributed by atoms with Gasteiger partial charge in [0.25, 0.3) is 0 Å². The largest absolute Gasteiger partial charge is 0.375 e. The van der Waals surface area contributed by atoms with Crippen molar-refractivity contribution in [2.75, 3.05) is 27.1 Å². The Labute approximate surface area is 60.6 Å². The molecule has 0 aliphatic carbocycles. The molecule has 1 aliphatic rings. The van der Waals surface area contributed by atoms with Gasteiger partial charge in [-0.2, -0.15) is 0 Å². The van der Waals surface area contributed by atoms with Crippen LogP contribution >= 0.6 is 0 Å². The van der Waals surface area contributed by atoms with E-state index in [2.05, 4.69) is 0 Å². The third kappa shape index (κ3) is 2.47. The highest BCUT2D eigenvalue weighted by atomic mass is 16.7. The van der Waals surface area contributed by atoms with Gasteiger partial charge in [0.2, 0.25) is 0 Å². The smallest absolute Gasteiger partial charge is 0.147 e. The molecule has 1 heterocycles. The summed E-state index contributed by atoms with van der Waals surface area (Å²) in [4.78, 5) is 0. The van der Waals surface area contributed by atoms with E-state index in [0.29, 0.717) is 20.0 Å². The molecule has 0 amide bonds. The van der Waals surface area contributed by atoms with Crippen molar-refractivity contribution in [3.05, 3.63) is 12.2 Å². The molecule has 0 aromatic heterocycles.